The van der Waals surface area contributed by atoms with Gasteiger partial charge in [0.25, 0.3) is 0 Å². The summed E-state index contributed by atoms with van der Waals surface area (Å²) >= 11 is 0. The smallest absolute Gasteiger partial charge is 0.225 e. The minimum Gasteiger partial charge on any atom is -0.371 e. The van der Waals surface area contributed by atoms with Crippen molar-refractivity contribution >= 4 is 11.6 Å². The van der Waals surface area contributed by atoms with Crippen LogP contribution in [0, 0.1) is 17.4 Å². The Morgan fingerprint density at radius 3 is 2.71 bits per heavy atom. The maximum atomic E-state index is 12.3. The Labute approximate surface area is 125 Å². The van der Waals surface area contributed by atoms with Gasteiger partial charge in [-0.05, 0) is 25.0 Å². The standard InChI is InChI=1S/C16H20N4O/c17-12-19-8-7-14(11-19)18-16(21)13-6-9-20(10-13)15-4-2-1-3-5-15/h1-5,13-14H,6-11H2,(H,18,21)/t13?,14-/m1/s1. The van der Waals surface area contributed by atoms with Gasteiger partial charge in [-0.1, -0.05) is 18.2 Å². The molecule has 0 spiro atoms. The highest BCUT2D eigenvalue weighted by atomic mass is 16.2. The number of benzene rings is 1. The van der Waals surface area contributed by atoms with Gasteiger partial charge >= 0.3 is 0 Å². The van der Waals surface area contributed by atoms with E-state index in [2.05, 4.69) is 28.5 Å². The average Bonchev–Trinajstić information content (AvgIpc) is 3.17. The van der Waals surface area contributed by atoms with Crippen molar-refractivity contribution in [2.45, 2.75) is 18.9 Å². The number of hydrogen-bond acceptors (Lipinski definition) is 4. The molecular weight excluding hydrogens is 264 g/mol. The molecular formula is C16H20N4O. The van der Waals surface area contributed by atoms with E-state index in [0.717, 1.165) is 32.5 Å². The molecule has 1 amide bonds. The van der Waals surface area contributed by atoms with Gasteiger partial charge in [0.1, 0.15) is 0 Å². The first-order valence-corrected chi connectivity index (χ1v) is 7.51. The van der Waals surface area contributed by atoms with Crippen LogP contribution in [0.4, 0.5) is 5.69 Å². The van der Waals surface area contributed by atoms with Gasteiger partial charge in [0.05, 0.1) is 5.92 Å². The predicted octanol–water partition coefficient (Wildman–Crippen LogP) is 1.18. The van der Waals surface area contributed by atoms with Crippen molar-refractivity contribution in [1.29, 1.82) is 5.26 Å². The van der Waals surface area contributed by atoms with E-state index in [-0.39, 0.29) is 17.9 Å². The van der Waals surface area contributed by atoms with Gasteiger partial charge in [-0.25, -0.2) is 0 Å². The van der Waals surface area contributed by atoms with E-state index in [9.17, 15) is 4.79 Å². The van der Waals surface area contributed by atoms with E-state index in [1.54, 1.807) is 4.90 Å². The Morgan fingerprint density at radius 1 is 1.19 bits per heavy atom. The molecule has 1 unspecified atom stereocenters. The number of para-hydroxylation sites is 1. The van der Waals surface area contributed by atoms with Crippen molar-refractivity contribution in [2.24, 2.45) is 5.92 Å². The number of nitrogens with one attached hydrogen (secondary N) is 1. The highest BCUT2D eigenvalue weighted by Crippen LogP contribution is 2.23. The molecule has 2 fully saturated rings. The van der Waals surface area contributed by atoms with E-state index in [1.807, 2.05) is 18.2 Å². The molecule has 2 saturated heterocycles. The highest BCUT2D eigenvalue weighted by Gasteiger charge is 2.31. The number of anilines is 1. The monoisotopic (exact) mass is 284 g/mol. The molecule has 5 heteroatoms. The van der Waals surface area contributed by atoms with Crippen LogP contribution in [0.15, 0.2) is 30.3 Å². The number of carbonyl (C=O) groups is 1. The topological polar surface area (TPSA) is 59.4 Å². The van der Waals surface area contributed by atoms with E-state index in [4.69, 9.17) is 5.26 Å². The van der Waals surface area contributed by atoms with Gasteiger partial charge in [-0.2, -0.15) is 5.26 Å². The Hall–Kier alpha value is -2.22. The zero-order chi connectivity index (χ0) is 14.7. The Balaban J connectivity index is 1.52. The van der Waals surface area contributed by atoms with Crippen LogP contribution in [0.5, 0.6) is 0 Å². The van der Waals surface area contributed by atoms with Gasteiger partial charge in [-0.3, -0.25) is 4.79 Å². The molecule has 0 radical (unpaired) electrons. The fourth-order valence-corrected chi connectivity index (χ4v) is 3.14. The quantitative estimate of drug-likeness (QED) is 0.847. The van der Waals surface area contributed by atoms with Crippen molar-refractivity contribution in [2.75, 3.05) is 31.1 Å². The lowest BCUT2D eigenvalue weighted by atomic mass is 10.1. The number of nitriles is 1. The summed E-state index contributed by atoms with van der Waals surface area (Å²) in [4.78, 5) is 16.3. The lowest BCUT2D eigenvalue weighted by molar-refractivity contribution is -0.125. The zero-order valence-electron chi connectivity index (χ0n) is 12.0. The Kier molecular flexibility index (Phi) is 3.96. The van der Waals surface area contributed by atoms with Crippen molar-refractivity contribution in [3.05, 3.63) is 30.3 Å². The average molecular weight is 284 g/mol. The number of hydrogen-bond donors (Lipinski definition) is 1. The maximum Gasteiger partial charge on any atom is 0.225 e. The first-order chi connectivity index (χ1) is 10.3. The predicted molar refractivity (Wildman–Crippen MR) is 80.5 cm³/mol. The van der Waals surface area contributed by atoms with Crippen molar-refractivity contribution in [3.63, 3.8) is 0 Å². The molecule has 3 rings (SSSR count). The van der Waals surface area contributed by atoms with Crippen LogP contribution in [0.25, 0.3) is 0 Å². The van der Waals surface area contributed by atoms with Crippen LogP contribution >= 0.6 is 0 Å². The lowest BCUT2D eigenvalue weighted by Crippen LogP contribution is -2.41. The number of likely N-dealkylation sites (tertiary alicyclic amines) is 1. The van der Waals surface area contributed by atoms with E-state index < -0.39 is 0 Å². The van der Waals surface area contributed by atoms with E-state index in [1.165, 1.54) is 5.69 Å². The Bertz CT molecular complexity index is 539. The molecule has 2 atom stereocenters. The second-order valence-electron chi connectivity index (χ2n) is 5.81. The normalized spacial score (nSPS) is 24.9. The van der Waals surface area contributed by atoms with Gasteiger partial charge < -0.3 is 15.1 Å². The van der Waals surface area contributed by atoms with E-state index >= 15 is 0 Å². The van der Waals surface area contributed by atoms with Crippen LogP contribution < -0.4 is 10.2 Å². The summed E-state index contributed by atoms with van der Waals surface area (Å²) in [6, 6.07) is 10.4. The molecule has 0 saturated carbocycles. The third kappa shape index (κ3) is 3.10. The fraction of sp³-hybridized carbons (Fsp3) is 0.500. The molecule has 2 heterocycles. The van der Waals surface area contributed by atoms with E-state index in [0.29, 0.717) is 6.54 Å². The summed E-state index contributed by atoms with van der Waals surface area (Å²) in [6.45, 7) is 3.11. The number of rotatable bonds is 3. The van der Waals surface area contributed by atoms with Gasteiger partial charge in [0.2, 0.25) is 5.91 Å². The van der Waals surface area contributed by atoms with Gasteiger partial charge in [0, 0.05) is 37.9 Å². The molecule has 5 nitrogen and oxygen atoms in total. The van der Waals surface area contributed by atoms with Crippen molar-refractivity contribution in [3.8, 4) is 6.19 Å². The van der Waals surface area contributed by atoms with Crippen LogP contribution in [-0.4, -0.2) is 43.0 Å². The molecule has 1 aromatic rings. The first kappa shape index (κ1) is 13.7. The second kappa shape index (κ2) is 6.04. The Morgan fingerprint density at radius 2 is 2.00 bits per heavy atom. The summed E-state index contributed by atoms with van der Waals surface area (Å²) in [5, 5.41) is 11.9. The lowest BCUT2D eigenvalue weighted by Gasteiger charge is -2.19. The molecule has 1 N–H and O–H groups in total. The first-order valence-electron chi connectivity index (χ1n) is 7.51. The molecule has 2 aliphatic heterocycles. The number of carbonyl (C=O) groups excluding carboxylic acids is 1. The largest absolute Gasteiger partial charge is 0.371 e. The molecule has 0 aromatic heterocycles. The molecule has 0 bridgehead atoms. The summed E-state index contributed by atoms with van der Waals surface area (Å²) in [5.74, 6) is 0.194. The summed E-state index contributed by atoms with van der Waals surface area (Å²) in [7, 11) is 0. The van der Waals surface area contributed by atoms with Crippen LogP contribution in [-0.2, 0) is 4.79 Å². The maximum absolute atomic E-state index is 12.3. The van der Waals surface area contributed by atoms with Crippen LogP contribution in [0.1, 0.15) is 12.8 Å². The van der Waals surface area contributed by atoms with Crippen molar-refractivity contribution in [1.82, 2.24) is 10.2 Å². The summed E-state index contributed by atoms with van der Waals surface area (Å²) < 4.78 is 0. The highest BCUT2D eigenvalue weighted by molar-refractivity contribution is 5.80. The van der Waals surface area contributed by atoms with Crippen molar-refractivity contribution < 1.29 is 4.79 Å². The van der Waals surface area contributed by atoms with Gasteiger partial charge in [-0.15, -0.1) is 0 Å². The number of nitrogens with zero attached hydrogens (tertiary/aromatic N) is 3. The minimum atomic E-state index is 0.0568. The third-order valence-corrected chi connectivity index (χ3v) is 4.36. The van der Waals surface area contributed by atoms with Crippen LogP contribution in [0.2, 0.25) is 0 Å². The SMILES string of the molecule is N#CN1CC[C@@H](NC(=O)C2CCN(c3ccccc3)C2)C1. The minimum absolute atomic E-state index is 0.0568. The second-order valence-corrected chi connectivity index (χ2v) is 5.81. The van der Waals surface area contributed by atoms with Crippen LogP contribution in [0.3, 0.4) is 0 Å². The molecule has 110 valence electrons. The van der Waals surface area contributed by atoms with Gasteiger partial charge in [0.15, 0.2) is 6.19 Å². The molecule has 2 aliphatic rings. The molecule has 0 aliphatic carbocycles. The summed E-state index contributed by atoms with van der Waals surface area (Å²) in [6.07, 6.45) is 3.91. The zero-order valence-corrected chi connectivity index (χ0v) is 12.0. The molecule has 21 heavy (non-hydrogen) atoms. The molecule has 1 aromatic carbocycles. The summed E-state index contributed by atoms with van der Waals surface area (Å²) in [5.41, 5.74) is 1.18. The third-order valence-electron chi connectivity index (χ3n) is 4.36. The number of amides is 1. The fourth-order valence-electron chi connectivity index (χ4n) is 3.14.